The number of hydrogen-bond acceptors (Lipinski definition) is 2. The lowest BCUT2D eigenvalue weighted by Gasteiger charge is -2.09. The molecule has 25 heavy (non-hydrogen) atoms. The summed E-state index contributed by atoms with van der Waals surface area (Å²) in [6, 6.07) is 16.2. The van der Waals surface area contributed by atoms with Gasteiger partial charge in [0, 0.05) is 18.5 Å². The molecule has 0 aliphatic rings. The van der Waals surface area contributed by atoms with E-state index in [-0.39, 0.29) is 4.90 Å². The van der Waals surface area contributed by atoms with E-state index in [9.17, 15) is 8.42 Å². The van der Waals surface area contributed by atoms with Gasteiger partial charge in [-0.25, -0.2) is 13.1 Å². The van der Waals surface area contributed by atoms with Crippen LogP contribution in [0.4, 0.5) is 0 Å². The molecule has 2 N–H and O–H groups in total. The summed E-state index contributed by atoms with van der Waals surface area (Å²) in [5.41, 5.74) is 1.19. The van der Waals surface area contributed by atoms with Crippen LogP contribution in [0.2, 0.25) is 5.02 Å². The van der Waals surface area contributed by atoms with E-state index in [2.05, 4.69) is 22.2 Å². The number of likely N-dealkylation sites (N-methyl/N-ethyl adjacent to an activating group) is 1. The molecule has 5 nitrogen and oxygen atoms in total. The first-order chi connectivity index (χ1) is 11.9. The minimum atomic E-state index is -3.52. The van der Waals surface area contributed by atoms with Crippen LogP contribution in [0.3, 0.4) is 0 Å². The van der Waals surface area contributed by atoms with Gasteiger partial charge in [0.15, 0.2) is 0 Å². The van der Waals surface area contributed by atoms with Crippen LogP contribution >= 0.6 is 11.6 Å². The Morgan fingerprint density at radius 2 is 1.72 bits per heavy atom. The summed E-state index contributed by atoms with van der Waals surface area (Å²) in [4.78, 5) is 0.211. The van der Waals surface area contributed by atoms with Crippen LogP contribution in [0.25, 0.3) is 0 Å². The number of rotatable bonds is 7. The maximum absolute atomic E-state index is 12.2. The zero-order chi connectivity index (χ0) is 18.3. The van der Waals surface area contributed by atoms with Crippen molar-refractivity contribution in [1.82, 2.24) is 10.0 Å². The highest BCUT2D eigenvalue weighted by atomic mass is 35.5. The predicted octanol–water partition coefficient (Wildman–Crippen LogP) is 2.47. The van der Waals surface area contributed by atoms with Crippen LogP contribution in [0.5, 0.6) is 0 Å². The minimum absolute atomic E-state index is 0.211. The third-order valence-corrected chi connectivity index (χ3v) is 5.56. The molecule has 0 saturated carbocycles. The van der Waals surface area contributed by atoms with Crippen molar-refractivity contribution in [3.05, 3.63) is 65.2 Å². The van der Waals surface area contributed by atoms with Crippen molar-refractivity contribution in [2.24, 2.45) is 0 Å². The Morgan fingerprint density at radius 3 is 2.36 bits per heavy atom. The number of benzene rings is 2. The van der Waals surface area contributed by atoms with Crippen molar-refractivity contribution in [2.45, 2.75) is 18.4 Å². The molecular weight excluding hydrogens is 358 g/mol. The van der Waals surface area contributed by atoms with Gasteiger partial charge in [-0.2, -0.15) is 0 Å². The van der Waals surface area contributed by atoms with E-state index >= 15 is 0 Å². The van der Waals surface area contributed by atoms with Gasteiger partial charge in [-0.1, -0.05) is 41.9 Å². The lowest BCUT2D eigenvalue weighted by atomic mass is 10.2. The van der Waals surface area contributed by atoms with E-state index in [1.165, 1.54) is 17.7 Å². The molecule has 0 amide bonds. The zero-order valence-corrected chi connectivity index (χ0v) is 15.9. The number of nitrogens with zero attached hydrogens (tertiary/aromatic N) is 1. The Bertz CT molecular complexity index is 819. The lowest BCUT2D eigenvalue weighted by molar-refractivity contribution is -0.497. The average molecular weight is 381 g/mol. The molecule has 2 aromatic carbocycles. The molecule has 134 valence electrons. The third kappa shape index (κ3) is 6.16. The van der Waals surface area contributed by atoms with E-state index in [1.54, 1.807) is 12.1 Å². The first kappa shape index (κ1) is 19.4. The number of amidine groups is 1. The van der Waals surface area contributed by atoms with Crippen LogP contribution in [0, 0.1) is 0 Å². The highest BCUT2D eigenvalue weighted by molar-refractivity contribution is 7.89. The summed E-state index contributed by atoms with van der Waals surface area (Å²) in [5.74, 6) is 0.981. The summed E-state index contributed by atoms with van der Waals surface area (Å²) < 4.78 is 29.0. The molecule has 0 spiro atoms. The summed E-state index contributed by atoms with van der Waals surface area (Å²) in [7, 11) is -1.60. The number of halogens is 1. The number of sulfonamides is 1. The fourth-order valence-corrected chi connectivity index (χ4v) is 3.32. The molecule has 0 aromatic heterocycles. The summed E-state index contributed by atoms with van der Waals surface area (Å²) >= 11 is 5.78. The monoisotopic (exact) mass is 380 g/mol. The molecule has 2 rings (SSSR count). The molecule has 0 aliphatic carbocycles. The van der Waals surface area contributed by atoms with E-state index in [0.717, 1.165) is 12.4 Å². The summed E-state index contributed by atoms with van der Waals surface area (Å²) in [5, 5.41) is 3.84. The van der Waals surface area contributed by atoms with Gasteiger partial charge >= 0.3 is 0 Å². The van der Waals surface area contributed by atoms with Gasteiger partial charge in [0.25, 0.3) is 0 Å². The Morgan fingerprint density at radius 1 is 1.08 bits per heavy atom. The second kappa shape index (κ2) is 8.99. The van der Waals surface area contributed by atoms with Crippen molar-refractivity contribution < 1.29 is 13.0 Å². The standard InChI is InChI=1S/C18H22ClN3O2S/c1-15(20-14-16-6-4-3-5-7-16)22(2)13-12-21-25(23,24)18-10-8-17(19)9-11-18/h3-11,21H,12-14H2,1-2H3/p+1. The lowest BCUT2D eigenvalue weighted by Crippen LogP contribution is -2.35. The van der Waals surface area contributed by atoms with Crippen molar-refractivity contribution >= 4 is 27.5 Å². The molecule has 0 radical (unpaired) electrons. The molecule has 2 aromatic rings. The molecule has 0 atom stereocenters. The van der Waals surface area contributed by atoms with Gasteiger partial charge in [0.1, 0.15) is 6.54 Å². The highest BCUT2D eigenvalue weighted by Gasteiger charge is 2.14. The molecule has 0 bridgehead atoms. The van der Waals surface area contributed by atoms with Crippen LogP contribution in [-0.2, 0) is 16.6 Å². The van der Waals surface area contributed by atoms with Gasteiger partial charge in [-0.05, 0) is 29.8 Å². The van der Waals surface area contributed by atoms with E-state index in [4.69, 9.17) is 11.6 Å². The van der Waals surface area contributed by atoms with Crippen LogP contribution < -0.4 is 10.0 Å². The van der Waals surface area contributed by atoms with Crippen LogP contribution in [-0.4, -0.2) is 39.0 Å². The number of nitrogens with one attached hydrogen (secondary N) is 2. The van der Waals surface area contributed by atoms with E-state index in [1.807, 2.05) is 36.7 Å². The van der Waals surface area contributed by atoms with Crippen molar-refractivity contribution in [2.75, 3.05) is 20.1 Å². The van der Waals surface area contributed by atoms with Gasteiger partial charge in [-0.3, -0.25) is 9.89 Å². The largest absolute Gasteiger partial charge is 0.275 e. The summed E-state index contributed by atoms with van der Waals surface area (Å²) in [6.45, 7) is 3.57. The molecule has 0 saturated heterocycles. The van der Waals surface area contributed by atoms with Crippen LogP contribution in [0.15, 0.2) is 59.5 Å². The Kier molecular flexibility index (Phi) is 6.99. The van der Waals surface area contributed by atoms with Gasteiger partial charge < -0.3 is 0 Å². The van der Waals surface area contributed by atoms with Gasteiger partial charge in [-0.15, -0.1) is 0 Å². The molecule has 0 fully saturated rings. The van der Waals surface area contributed by atoms with E-state index in [0.29, 0.717) is 18.1 Å². The first-order valence-corrected chi connectivity index (χ1v) is 9.82. The Hall–Kier alpha value is -1.89. The fraction of sp³-hybridized carbons (Fsp3) is 0.278. The topological polar surface area (TPSA) is 61.2 Å². The van der Waals surface area contributed by atoms with E-state index < -0.39 is 10.0 Å². The molecular formula is C18H23ClN3O2S+. The molecule has 0 aliphatic heterocycles. The maximum atomic E-state index is 12.2. The Labute approximate surface area is 154 Å². The van der Waals surface area contributed by atoms with Gasteiger partial charge in [0.05, 0.1) is 18.5 Å². The summed E-state index contributed by atoms with van der Waals surface area (Å²) in [6.07, 6.45) is 0. The first-order valence-electron chi connectivity index (χ1n) is 7.96. The fourth-order valence-electron chi connectivity index (χ4n) is 2.17. The predicted molar refractivity (Wildman–Crippen MR) is 102 cm³/mol. The zero-order valence-electron chi connectivity index (χ0n) is 14.4. The van der Waals surface area contributed by atoms with Crippen molar-refractivity contribution in [3.8, 4) is 0 Å². The SMILES string of the molecule is CC(NCc1ccccc1)=[N+](C)CCNS(=O)(=O)c1ccc(Cl)cc1. The normalized spacial score (nSPS) is 12.6. The Balaban J connectivity index is 1.86. The molecule has 7 heteroatoms. The molecule has 0 unspecified atom stereocenters. The number of hydrogen-bond donors (Lipinski definition) is 2. The second-order valence-corrected chi connectivity index (χ2v) is 7.90. The second-order valence-electron chi connectivity index (χ2n) is 5.70. The smallest absolute Gasteiger partial charge is 0.241 e. The highest BCUT2D eigenvalue weighted by Crippen LogP contribution is 2.13. The van der Waals surface area contributed by atoms with Gasteiger partial charge in [0.2, 0.25) is 15.9 Å². The maximum Gasteiger partial charge on any atom is 0.241 e. The van der Waals surface area contributed by atoms with Crippen LogP contribution in [0.1, 0.15) is 12.5 Å². The molecule has 0 heterocycles. The average Bonchev–Trinajstić information content (AvgIpc) is 2.60. The van der Waals surface area contributed by atoms with Crippen molar-refractivity contribution in [1.29, 1.82) is 0 Å². The third-order valence-electron chi connectivity index (χ3n) is 3.83. The quantitative estimate of drug-likeness (QED) is 0.440. The minimum Gasteiger partial charge on any atom is -0.275 e. The van der Waals surface area contributed by atoms with Crippen molar-refractivity contribution in [3.63, 3.8) is 0 Å².